The van der Waals surface area contributed by atoms with E-state index in [4.69, 9.17) is 0 Å². The highest BCUT2D eigenvalue weighted by atomic mass is 32.1. The third kappa shape index (κ3) is 2.47. The molecule has 4 heteroatoms. The Morgan fingerprint density at radius 3 is 3.27 bits per heavy atom. The molecule has 0 saturated heterocycles. The molecule has 0 aromatic carbocycles. The molecule has 0 bridgehead atoms. The zero-order valence-corrected chi connectivity index (χ0v) is 9.20. The second kappa shape index (κ2) is 4.79. The lowest BCUT2D eigenvalue weighted by molar-refractivity contribution is 0.805. The quantitative estimate of drug-likeness (QED) is 0.783. The predicted molar refractivity (Wildman–Crippen MR) is 64.3 cm³/mol. The van der Waals surface area contributed by atoms with E-state index < -0.39 is 0 Å². The van der Waals surface area contributed by atoms with Gasteiger partial charge in [-0.05, 0) is 22.4 Å². The maximum absolute atomic E-state index is 4.24. The Balaban J connectivity index is 2.07. The van der Waals surface area contributed by atoms with E-state index in [0.717, 1.165) is 19.0 Å². The summed E-state index contributed by atoms with van der Waals surface area (Å²) in [6.45, 7) is 5.27. The molecule has 0 amide bonds. The number of thiophene rings is 1. The average Bonchev–Trinajstić information content (AvgIpc) is 2.87. The molecule has 0 atom stereocenters. The zero-order valence-electron chi connectivity index (χ0n) is 8.39. The number of rotatable bonds is 5. The van der Waals surface area contributed by atoms with Crippen molar-refractivity contribution in [1.82, 2.24) is 9.55 Å². The van der Waals surface area contributed by atoms with Crippen molar-refractivity contribution in [3.63, 3.8) is 0 Å². The number of nitrogens with one attached hydrogen (secondary N) is 1. The summed E-state index contributed by atoms with van der Waals surface area (Å²) in [5.41, 5.74) is 1.31. The maximum Gasteiger partial charge on any atom is 0.203 e. The van der Waals surface area contributed by atoms with Crippen LogP contribution in [0.4, 0.5) is 5.95 Å². The van der Waals surface area contributed by atoms with Crippen LogP contribution >= 0.6 is 11.3 Å². The van der Waals surface area contributed by atoms with Gasteiger partial charge >= 0.3 is 0 Å². The molecule has 0 aliphatic carbocycles. The molecule has 1 N–H and O–H groups in total. The van der Waals surface area contributed by atoms with Gasteiger partial charge in [0.25, 0.3) is 0 Å². The van der Waals surface area contributed by atoms with Crippen molar-refractivity contribution < 1.29 is 0 Å². The van der Waals surface area contributed by atoms with E-state index in [9.17, 15) is 0 Å². The van der Waals surface area contributed by atoms with Crippen molar-refractivity contribution in [3.05, 3.63) is 47.4 Å². The number of nitrogens with zero attached hydrogens (tertiary/aromatic N) is 2. The lowest BCUT2D eigenvalue weighted by Gasteiger charge is -2.06. The third-order valence-corrected chi connectivity index (χ3v) is 2.79. The molecule has 2 rings (SSSR count). The van der Waals surface area contributed by atoms with Gasteiger partial charge in [0.15, 0.2) is 0 Å². The van der Waals surface area contributed by atoms with Crippen LogP contribution in [0, 0.1) is 0 Å². The summed E-state index contributed by atoms with van der Waals surface area (Å²) in [5, 5.41) is 7.43. The molecule has 0 aliphatic heterocycles. The van der Waals surface area contributed by atoms with Gasteiger partial charge in [-0.25, -0.2) is 4.98 Å². The number of hydrogen-bond acceptors (Lipinski definition) is 3. The van der Waals surface area contributed by atoms with Crippen molar-refractivity contribution in [2.75, 3.05) is 11.9 Å². The van der Waals surface area contributed by atoms with Gasteiger partial charge in [0.2, 0.25) is 5.95 Å². The summed E-state index contributed by atoms with van der Waals surface area (Å²) < 4.78 is 2.09. The van der Waals surface area contributed by atoms with E-state index in [2.05, 4.69) is 38.3 Å². The molecule has 0 saturated carbocycles. The average molecular weight is 219 g/mol. The number of anilines is 1. The van der Waals surface area contributed by atoms with Crippen LogP contribution in [0.25, 0.3) is 0 Å². The van der Waals surface area contributed by atoms with E-state index in [0.29, 0.717) is 0 Å². The van der Waals surface area contributed by atoms with Crippen LogP contribution in [0.15, 0.2) is 41.9 Å². The molecule has 2 aromatic heterocycles. The first-order valence-electron chi connectivity index (χ1n) is 4.77. The molecule has 0 aliphatic rings. The van der Waals surface area contributed by atoms with Crippen molar-refractivity contribution in [2.45, 2.75) is 6.54 Å². The highest BCUT2D eigenvalue weighted by Crippen LogP contribution is 2.11. The van der Waals surface area contributed by atoms with Gasteiger partial charge in [-0.1, -0.05) is 6.08 Å². The zero-order chi connectivity index (χ0) is 10.5. The van der Waals surface area contributed by atoms with E-state index in [1.807, 2.05) is 12.3 Å². The fourth-order valence-corrected chi connectivity index (χ4v) is 2.01. The van der Waals surface area contributed by atoms with E-state index >= 15 is 0 Å². The van der Waals surface area contributed by atoms with E-state index in [1.54, 1.807) is 17.5 Å². The van der Waals surface area contributed by atoms with Crippen LogP contribution < -0.4 is 5.32 Å². The predicted octanol–water partition coefficient (Wildman–Crippen LogP) is 2.59. The van der Waals surface area contributed by atoms with Crippen molar-refractivity contribution in [1.29, 1.82) is 0 Å². The van der Waals surface area contributed by atoms with Crippen LogP contribution in [0.2, 0.25) is 0 Å². The summed E-state index contributed by atoms with van der Waals surface area (Å²) in [7, 11) is 0. The van der Waals surface area contributed by atoms with E-state index in [1.165, 1.54) is 5.56 Å². The number of imidazole rings is 1. The van der Waals surface area contributed by atoms with Gasteiger partial charge in [-0.3, -0.25) is 0 Å². The molecule has 0 radical (unpaired) electrons. The summed E-state index contributed by atoms with van der Waals surface area (Å²) in [4.78, 5) is 4.24. The first-order valence-corrected chi connectivity index (χ1v) is 5.71. The minimum Gasteiger partial charge on any atom is -0.352 e. The fraction of sp³-hybridized carbons (Fsp3) is 0.182. The molecule has 2 aromatic rings. The van der Waals surface area contributed by atoms with Crippen LogP contribution in [0.3, 0.4) is 0 Å². The Labute approximate surface area is 93.1 Å². The maximum atomic E-state index is 4.24. The molecule has 78 valence electrons. The second-order valence-electron chi connectivity index (χ2n) is 3.18. The van der Waals surface area contributed by atoms with Gasteiger partial charge in [-0.15, -0.1) is 6.58 Å². The molecule has 0 fully saturated rings. The molecule has 0 unspecified atom stereocenters. The van der Waals surface area contributed by atoms with Gasteiger partial charge in [-0.2, -0.15) is 11.3 Å². The normalized spacial score (nSPS) is 10.1. The standard InChI is InChI=1S/C11H13N3S/c1-2-4-12-11-13-5-6-14(11)8-10-3-7-15-9-10/h2-3,5-7,9H,1,4,8H2,(H,12,13). The van der Waals surface area contributed by atoms with Gasteiger partial charge in [0, 0.05) is 18.9 Å². The summed E-state index contributed by atoms with van der Waals surface area (Å²) >= 11 is 1.71. The third-order valence-electron chi connectivity index (χ3n) is 2.05. The lowest BCUT2D eigenvalue weighted by Crippen LogP contribution is -2.07. The topological polar surface area (TPSA) is 29.9 Å². The highest BCUT2D eigenvalue weighted by molar-refractivity contribution is 7.07. The molecule has 2 heterocycles. The van der Waals surface area contributed by atoms with Crippen LogP contribution in [-0.2, 0) is 6.54 Å². The monoisotopic (exact) mass is 219 g/mol. The molecular weight excluding hydrogens is 206 g/mol. The Hall–Kier alpha value is -1.55. The first kappa shape index (κ1) is 9.98. The summed E-state index contributed by atoms with van der Waals surface area (Å²) in [5.74, 6) is 0.890. The second-order valence-corrected chi connectivity index (χ2v) is 3.96. The van der Waals surface area contributed by atoms with Gasteiger partial charge in [0.05, 0.1) is 6.54 Å². The Bertz CT molecular complexity index is 417. The first-order chi connectivity index (χ1) is 7.40. The molecule has 15 heavy (non-hydrogen) atoms. The number of aromatic nitrogens is 2. The van der Waals surface area contributed by atoms with Crippen LogP contribution in [0.1, 0.15) is 5.56 Å². The number of hydrogen-bond donors (Lipinski definition) is 1. The SMILES string of the molecule is C=CCNc1nccn1Cc1ccsc1. The van der Waals surface area contributed by atoms with E-state index in [-0.39, 0.29) is 0 Å². The fourth-order valence-electron chi connectivity index (χ4n) is 1.35. The van der Waals surface area contributed by atoms with Gasteiger partial charge < -0.3 is 9.88 Å². The largest absolute Gasteiger partial charge is 0.352 e. The van der Waals surface area contributed by atoms with Crippen LogP contribution in [0.5, 0.6) is 0 Å². The highest BCUT2D eigenvalue weighted by Gasteiger charge is 2.01. The summed E-state index contributed by atoms with van der Waals surface area (Å²) in [6, 6.07) is 2.13. The van der Waals surface area contributed by atoms with Gasteiger partial charge in [0.1, 0.15) is 0 Å². The molecular formula is C11H13N3S. The van der Waals surface area contributed by atoms with Crippen molar-refractivity contribution in [3.8, 4) is 0 Å². The minimum atomic E-state index is 0.737. The summed E-state index contributed by atoms with van der Waals surface area (Å²) in [6.07, 6.45) is 5.60. The molecule has 0 spiro atoms. The Morgan fingerprint density at radius 1 is 1.60 bits per heavy atom. The Kier molecular flexibility index (Phi) is 3.19. The smallest absolute Gasteiger partial charge is 0.203 e. The minimum absolute atomic E-state index is 0.737. The Morgan fingerprint density at radius 2 is 2.53 bits per heavy atom. The molecule has 3 nitrogen and oxygen atoms in total. The lowest BCUT2D eigenvalue weighted by atomic mass is 10.3. The van der Waals surface area contributed by atoms with Crippen molar-refractivity contribution >= 4 is 17.3 Å². The van der Waals surface area contributed by atoms with Crippen LogP contribution in [-0.4, -0.2) is 16.1 Å². The van der Waals surface area contributed by atoms with Crippen molar-refractivity contribution in [2.24, 2.45) is 0 Å².